The molecule has 3 heteroatoms. The zero-order chi connectivity index (χ0) is 11.3. The van der Waals surface area contributed by atoms with Crippen LogP contribution in [0.4, 0.5) is 0 Å². The van der Waals surface area contributed by atoms with Gasteiger partial charge in [-0.25, -0.2) is 0 Å². The van der Waals surface area contributed by atoms with Crippen LogP contribution in [0, 0.1) is 0 Å². The van der Waals surface area contributed by atoms with E-state index in [0.29, 0.717) is 6.04 Å². The Morgan fingerprint density at radius 2 is 2.07 bits per heavy atom. The maximum absolute atomic E-state index is 4.63. The van der Waals surface area contributed by atoms with Gasteiger partial charge in [-0.3, -0.25) is 4.68 Å². The highest BCUT2D eigenvalue weighted by Gasteiger charge is 2.10. The molecule has 0 aliphatic rings. The molecule has 0 spiro atoms. The van der Waals surface area contributed by atoms with Crippen LogP contribution in [0.2, 0.25) is 0 Å². The number of aromatic nitrogens is 2. The monoisotopic (exact) mass is 209 g/mol. The van der Waals surface area contributed by atoms with Crippen molar-refractivity contribution in [1.29, 1.82) is 0 Å². The molecule has 15 heavy (non-hydrogen) atoms. The Hall–Kier alpha value is -0.830. The maximum atomic E-state index is 4.63. The van der Waals surface area contributed by atoms with Gasteiger partial charge in [0.2, 0.25) is 0 Å². The van der Waals surface area contributed by atoms with Crippen LogP contribution in [0.5, 0.6) is 0 Å². The number of hydrogen-bond acceptors (Lipinski definition) is 2. The van der Waals surface area contributed by atoms with Gasteiger partial charge in [0.05, 0.1) is 11.7 Å². The molecule has 0 aromatic carbocycles. The maximum Gasteiger partial charge on any atom is 0.0624 e. The molecular weight excluding hydrogens is 186 g/mol. The van der Waals surface area contributed by atoms with Gasteiger partial charge in [0, 0.05) is 12.2 Å². The highest BCUT2D eigenvalue weighted by Crippen LogP contribution is 2.12. The lowest BCUT2D eigenvalue weighted by Crippen LogP contribution is -2.25. The fourth-order valence-electron chi connectivity index (χ4n) is 1.75. The first-order chi connectivity index (χ1) is 7.22. The van der Waals surface area contributed by atoms with Crippen molar-refractivity contribution < 1.29 is 0 Å². The first kappa shape index (κ1) is 12.2. The Balaban J connectivity index is 2.76. The number of aryl methyl sites for hydroxylation is 2. The van der Waals surface area contributed by atoms with Gasteiger partial charge in [-0.15, -0.1) is 0 Å². The van der Waals surface area contributed by atoms with Crippen LogP contribution in [0.25, 0.3) is 0 Å². The molecule has 0 aliphatic carbocycles. The highest BCUT2D eigenvalue weighted by atomic mass is 15.3. The number of nitrogens with one attached hydrogen (secondary N) is 1. The Bertz CT molecular complexity index is 291. The van der Waals surface area contributed by atoms with Gasteiger partial charge in [-0.1, -0.05) is 20.8 Å². The van der Waals surface area contributed by atoms with Gasteiger partial charge >= 0.3 is 0 Å². The normalized spacial score (nSPS) is 13.1. The average Bonchev–Trinajstić information content (AvgIpc) is 2.69. The predicted octanol–water partition coefficient (Wildman–Crippen LogP) is 2.18. The molecule has 0 aliphatic heterocycles. The molecule has 1 atom stereocenters. The Morgan fingerprint density at radius 1 is 1.33 bits per heavy atom. The smallest absolute Gasteiger partial charge is 0.0624 e. The number of likely N-dealkylation sites (N-methyl/N-ethyl adjacent to an activating group) is 1. The van der Waals surface area contributed by atoms with Crippen LogP contribution in [0.15, 0.2) is 6.07 Å². The lowest BCUT2D eigenvalue weighted by Gasteiger charge is -2.15. The van der Waals surface area contributed by atoms with E-state index in [1.165, 1.54) is 11.4 Å². The van der Waals surface area contributed by atoms with Crippen LogP contribution in [-0.2, 0) is 12.8 Å². The molecule has 3 nitrogen and oxygen atoms in total. The molecule has 1 rings (SSSR count). The molecule has 1 N–H and O–H groups in total. The summed E-state index contributed by atoms with van der Waals surface area (Å²) in [7, 11) is 0. The van der Waals surface area contributed by atoms with E-state index in [1.54, 1.807) is 0 Å². The van der Waals surface area contributed by atoms with Gasteiger partial charge in [-0.2, -0.15) is 5.10 Å². The third-order valence-electron chi connectivity index (χ3n) is 2.70. The summed E-state index contributed by atoms with van der Waals surface area (Å²) in [5, 5.41) is 7.99. The SMILES string of the molecule is CCNCC(C)n1nc(CC)cc1CC. The summed E-state index contributed by atoms with van der Waals surface area (Å²) in [5.74, 6) is 0. The molecule has 0 radical (unpaired) electrons. The van der Waals surface area contributed by atoms with E-state index in [4.69, 9.17) is 0 Å². The minimum absolute atomic E-state index is 0.445. The summed E-state index contributed by atoms with van der Waals surface area (Å²) in [4.78, 5) is 0. The van der Waals surface area contributed by atoms with Crippen LogP contribution in [0.3, 0.4) is 0 Å². The summed E-state index contributed by atoms with van der Waals surface area (Å²) in [6, 6.07) is 2.67. The Kier molecular flexibility index (Phi) is 4.82. The van der Waals surface area contributed by atoms with Crippen molar-refractivity contribution in [3.05, 3.63) is 17.5 Å². The molecule has 0 saturated heterocycles. The lowest BCUT2D eigenvalue weighted by atomic mass is 10.2. The summed E-state index contributed by atoms with van der Waals surface area (Å²) < 4.78 is 2.17. The second-order valence-corrected chi connectivity index (χ2v) is 3.94. The lowest BCUT2D eigenvalue weighted by molar-refractivity contribution is 0.444. The van der Waals surface area contributed by atoms with Gasteiger partial charge in [-0.05, 0) is 32.4 Å². The van der Waals surface area contributed by atoms with Gasteiger partial charge in [0.1, 0.15) is 0 Å². The van der Waals surface area contributed by atoms with E-state index in [0.717, 1.165) is 25.9 Å². The van der Waals surface area contributed by atoms with Crippen molar-refractivity contribution in [1.82, 2.24) is 15.1 Å². The summed E-state index contributed by atoms with van der Waals surface area (Å²) in [6.07, 6.45) is 2.08. The fourth-order valence-corrected chi connectivity index (χ4v) is 1.75. The second-order valence-electron chi connectivity index (χ2n) is 3.94. The Morgan fingerprint density at radius 3 is 2.60 bits per heavy atom. The second kappa shape index (κ2) is 5.91. The van der Waals surface area contributed by atoms with E-state index < -0.39 is 0 Å². The first-order valence-electron chi connectivity index (χ1n) is 6.00. The number of nitrogens with zero attached hydrogens (tertiary/aromatic N) is 2. The molecule has 86 valence electrons. The van der Waals surface area contributed by atoms with E-state index in [2.05, 4.69) is 48.9 Å². The van der Waals surface area contributed by atoms with Crippen LogP contribution >= 0.6 is 0 Å². The van der Waals surface area contributed by atoms with Crippen molar-refractivity contribution in [2.24, 2.45) is 0 Å². The average molecular weight is 209 g/mol. The van der Waals surface area contributed by atoms with Crippen LogP contribution in [-0.4, -0.2) is 22.9 Å². The van der Waals surface area contributed by atoms with E-state index >= 15 is 0 Å². The van der Waals surface area contributed by atoms with Crippen molar-refractivity contribution in [2.75, 3.05) is 13.1 Å². The molecule has 1 aromatic rings. The number of rotatable bonds is 6. The van der Waals surface area contributed by atoms with Crippen LogP contribution < -0.4 is 5.32 Å². The predicted molar refractivity (Wildman–Crippen MR) is 64.2 cm³/mol. The molecule has 0 amide bonds. The highest BCUT2D eigenvalue weighted by molar-refractivity contribution is 5.11. The third-order valence-corrected chi connectivity index (χ3v) is 2.70. The van der Waals surface area contributed by atoms with Crippen molar-refractivity contribution in [3.8, 4) is 0 Å². The topological polar surface area (TPSA) is 29.9 Å². The minimum atomic E-state index is 0.445. The van der Waals surface area contributed by atoms with E-state index in [9.17, 15) is 0 Å². The van der Waals surface area contributed by atoms with Gasteiger partial charge < -0.3 is 5.32 Å². The summed E-state index contributed by atoms with van der Waals surface area (Å²) in [6.45, 7) is 10.7. The molecule has 1 unspecified atom stereocenters. The quantitative estimate of drug-likeness (QED) is 0.778. The number of hydrogen-bond donors (Lipinski definition) is 1. The molecule has 0 saturated carbocycles. The summed E-state index contributed by atoms with van der Waals surface area (Å²) in [5.41, 5.74) is 2.55. The van der Waals surface area contributed by atoms with E-state index in [1.807, 2.05) is 0 Å². The first-order valence-corrected chi connectivity index (χ1v) is 6.00. The van der Waals surface area contributed by atoms with Crippen molar-refractivity contribution in [2.45, 2.75) is 46.6 Å². The zero-order valence-corrected chi connectivity index (χ0v) is 10.4. The Labute approximate surface area is 92.9 Å². The van der Waals surface area contributed by atoms with Crippen molar-refractivity contribution in [3.63, 3.8) is 0 Å². The van der Waals surface area contributed by atoms with Crippen molar-refractivity contribution >= 4 is 0 Å². The fraction of sp³-hybridized carbons (Fsp3) is 0.750. The zero-order valence-electron chi connectivity index (χ0n) is 10.4. The molecule has 1 heterocycles. The van der Waals surface area contributed by atoms with Gasteiger partial charge in [0.15, 0.2) is 0 Å². The summed E-state index contributed by atoms with van der Waals surface area (Å²) >= 11 is 0. The van der Waals surface area contributed by atoms with E-state index in [-0.39, 0.29) is 0 Å². The third kappa shape index (κ3) is 3.06. The van der Waals surface area contributed by atoms with Gasteiger partial charge in [0.25, 0.3) is 0 Å². The standard InChI is InChI=1S/C12H23N3/c1-5-11-8-12(6-2)15(14-11)10(4)9-13-7-3/h8,10,13H,5-7,9H2,1-4H3. The molecule has 1 aromatic heterocycles. The molecular formula is C12H23N3. The van der Waals surface area contributed by atoms with Crippen LogP contribution in [0.1, 0.15) is 45.1 Å². The largest absolute Gasteiger partial charge is 0.315 e. The molecule has 0 bridgehead atoms. The molecule has 0 fully saturated rings. The minimum Gasteiger partial charge on any atom is -0.315 e.